The minimum absolute atomic E-state index is 0.133. The summed E-state index contributed by atoms with van der Waals surface area (Å²) in [7, 11) is 1.54. The van der Waals surface area contributed by atoms with Gasteiger partial charge in [-0.2, -0.15) is 5.10 Å². The summed E-state index contributed by atoms with van der Waals surface area (Å²) >= 11 is 0. The first-order chi connectivity index (χ1) is 19.4. The van der Waals surface area contributed by atoms with E-state index in [1.54, 1.807) is 18.2 Å². The van der Waals surface area contributed by atoms with Crippen molar-refractivity contribution in [2.45, 2.75) is 45.1 Å². The lowest BCUT2D eigenvalue weighted by atomic mass is 10.1. The lowest BCUT2D eigenvalue weighted by Crippen LogP contribution is -2.45. The molecule has 2 amide bonds. The van der Waals surface area contributed by atoms with Crippen LogP contribution in [-0.2, 0) is 20.9 Å². The van der Waals surface area contributed by atoms with E-state index in [0.29, 0.717) is 29.9 Å². The molecule has 2 N–H and O–H groups in total. The number of hydrogen-bond acceptors (Lipinski definition) is 7. The zero-order chi connectivity index (χ0) is 29.7. The summed E-state index contributed by atoms with van der Waals surface area (Å²) in [4.78, 5) is 38.3. The maximum Gasteiger partial charge on any atom is 0.573 e. The number of alkyl halides is 3. The molecular weight excluding hydrogens is 552 g/mol. The monoisotopic (exact) mass is 580 g/mol. The minimum atomic E-state index is -5.12. The van der Waals surface area contributed by atoms with Gasteiger partial charge < -0.3 is 24.8 Å². The second-order valence-corrected chi connectivity index (χ2v) is 9.54. The number of halogens is 4. The van der Waals surface area contributed by atoms with Crippen LogP contribution in [0.15, 0.2) is 36.4 Å². The highest BCUT2D eigenvalue weighted by Gasteiger charge is 2.34. The van der Waals surface area contributed by atoms with Gasteiger partial charge in [-0.25, -0.2) is 4.39 Å². The Balaban J connectivity index is 1.49. The predicted octanol–water partition coefficient (Wildman–Crippen LogP) is 4.23. The Hall–Kier alpha value is -4.20. The Morgan fingerprint density at radius 1 is 1.15 bits per heavy atom. The number of fused-ring (bicyclic) bond motifs is 1. The van der Waals surface area contributed by atoms with Gasteiger partial charge in [-0.3, -0.25) is 19.1 Å². The van der Waals surface area contributed by atoms with Crippen molar-refractivity contribution in [3.05, 3.63) is 47.9 Å². The van der Waals surface area contributed by atoms with Crippen LogP contribution in [0.4, 0.5) is 23.2 Å². The predicted molar refractivity (Wildman–Crippen MR) is 138 cm³/mol. The molecule has 0 saturated heterocycles. The molecule has 2 aromatic carbocycles. The van der Waals surface area contributed by atoms with Crippen LogP contribution < -0.4 is 20.1 Å². The average Bonchev–Trinajstić information content (AvgIpc) is 3.65. The number of aromatic nitrogens is 2. The first-order valence-corrected chi connectivity index (χ1v) is 12.7. The molecule has 14 heteroatoms. The third kappa shape index (κ3) is 7.93. The Morgan fingerprint density at radius 2 is 1.90 bits per heavy atom. The van der Waals surface area contributed by atoms with E-state index in [1.807, 2.05) is 0 Å². The number of carbonyl (C=O) groups is 3. The third-order valence-corrected chi connectivity index (χ3v) is 6.27. The molecule has 1 saturated carbocycles. The zero-order valence-electron chi connectivity index (χ0n) is 22.2. The maximum absolute atomic E-state index is 14.6. The van der Waals surface area contributed by atoms with Crippen LogP contribution in [0.5, 0.6) is 11.5 Å². The smallest absolute Gasteiger partial charge is 0.491 e. The Morgan fingerprint density at radius 3 is 2.56 bits per heavy atom. The van der Waals surface area contributed by atoms with Gasteiger partial charge in [0.05, 0.1) is 17.8 Å². The summed E-state index contributed by atoms with van der Waals surface area (Å²) in [6.45, 7) is 1.66. The number of ether oxygens (including phenoxy) is 3. The molecule has 0 aliphatic heterocycles. The normalized spacial score (nSPS) is 14.0. The zero-order valence-corrected chi connectivity index (χ0v) is 22.2. The Labute approximate surface area is 231 Å². The molecule has 3 aromatic rings. The van der Waals surface area contributed by atoms with Gasteiger partial charge in [0.1, 0.15) is 30.6 Å². The summed E-state index contributed by atoms with van der Waals surface area (Å²) < 4.78 is 67.9. The standard InChI is InChI=1S/C27H28F4N4O6/c1-15(36)25-18-13-17(40-11-10-39-2)8-9-21(18)35(34-25)14-23(37)32-20(12-16-6-7-16)26(38)33-19-4-3-5-22(24(19)28)41-27(29,30)31/h3-5,8-9,13,16,20H,6-7,10-12,14H2,1-2H3,(H,32,37)(H,33,38)/t20-/m0/s1. The van der Waals surface area contributed by atoms with Gasteiger partial charge in [0.25, 0.3) is 0 Å². The minimum Gasteiger partial charge on any atom is -0.491 e. The molecule has 0 spiro atoms. The fourth-order valence-electron chi connectivity index (χ4n) is 4.20. The number of nitrogens with one attached hydrogen (secondary N) is 2. The van der Waals surface area contributed by atoms with Crippen LogP contribution in [0.25, 0.3) is 10.9 Å². The Kier molecular flexibility index (Phi) is 9.11. The quantitative estimate of drug-likeness (QED) is 0.176. The van der Waals surface area contributed by atoms with Gasteiger partial charge in [-0.15, -0.1) is 13.2 Å². The van der Waals surface area contributed by atoms with Crippen LogP contribution in [0, 0.1) is 11.7 Å². The molecule has 1 heterocycles. The molecule has 1 aromatic heterocycles. The van der Waals surface area contributed by atoms with E-state index >= 15 is 0 Å². The lowest BCUT2D eigenvalue weighted by Gasteiger charge is -2.19. The van der Waals surface area contributed by atoms with Gasteiger partial charge in [0, 0.05) is 19.4 Å². The van der Waals surface area contributed by atoms with E-state index < -0.39 is 41.5 Å². The largest absolute Gasteiger partial charge is 0.573 e. The highest BCUT2D eigenvalue weighted by molar-refractivity contribution is 6.05. The number of rotatable bonds is 13. The summed E-state index contributed by atoms with van der Waals surface area (Å²) in [5.41, 5.74) is 0.0874. The summed E-state index contributed by atoms with van der Waals surface area (Å²) in [6.07, 6.45) is -3.20. The number of nitrogens with zero attached hydrogens (tertiary/aromatic N) is 2. The molecule has 0 unspecified atom stereocenters. The molecule has 0 radical (unpaired) electrons. The van der Waals surface area contributed by atoms with Crippen molar-refractivity contribution >= 4 is 34.2 Å². The number of anilines is 1. The fraction of sp³-hybridized carbons (Fsp3) is 0.407. The highest BCUT2D eigenvalue weighted by Crippen LogP contribution is 2.34. The van der Waals surface area contributed by atoms with Crippen molar-refractivity contribution < 1.29 is 46.2 Å². The molecular formula is C27H28F4N4O6. The molecule has 4 rings (SSSR count). The topological polar surface area (TPSA) is 121 Å². The number of amides is 2. The van der Waals surface area contributed by atoms with Crippen LogP contribution >= 0.6 is 0 Å². The van der Waals surface area contributed by atoms with Gasteiger partial charge in [-0.1, -0.05) is 18.9 Å². The number of Topliss-reactive ketones (excluding diaryl/α,β-unsaturated/α-hetero) is 1. The highest BCUT2D eigenvalue weighted by atomic mass is 19.4. The van der Waals surface area contributed by atoms with Crippen molar-refractivity contribution in [1.29, 1.82) is 0 Å². The van der Waals surface area contributed by atoms with Crippen molar-refractivity contribution in [3.63, 3.8) is 0 Å². The molecule has 0 bridgehead atoms. The van der Waals surface area contributed by atoms with Crippen molar-refractivity contribution in [3.8, 4) is 11.5 Å². The summed E-state index contributed by atoms with van der Waals surface area (Å²) in [5.74, 6) is -3.60. The van der Waals surface area contributed by atoms with Crippen LogP contribution in [0.2, 0.25) is 0 Å². The van der Waals surface area contributed by atoms with Gasteiger partial charge >= 0.3 is 6.36 Å². The lowest BCUT2D eigenvalue weighted by molar-refractivity contribution is -0.275. The van der Waals surface area contributed by atoms with Crippen molar-refractivity contribution in [2.75, 3.05) is 25.6 Å². The first-order valence-electron chi connectivity index (χ1n) is 12.7. The number of benzene rings is 2. The molecule has 1 aliphatic rings. The average molecular weight is 581 g/mol. The SMILES string of the molecule is COCCOc1ccc2c(c1)c(C(C)=O)nn2CC(=O)N[C@@H](CC1CC1)C(=O)Nc1cccc(OC(F)(F)F)c1F. The van der Waals surface area contributed by atoms with E-state index in [0.717, 1.165) is 31.0 Å². The van der Waals surface area contributed by atoms with E-state index in [2.05, 4.69) is 20.5 Å². The molecule has 41 heavy (non-hydrogen) atoms. The summed E-state index contributed by atoms with van der Waals surface area (Å²) in [5, 5.41) is 9.61. The van der Waals surface area contributed by atoms with Gasteiger partial charge in [0.2, 0.25) is 11.8 Å². The van der Waals surface area contributed by atoms with Crippen LogP contribution in [0.1, 0.15) is 36.7 Å². The number of hydrogen-bond donors (Lipinski definition) is 2. The van der Waals surface area contributed by atoms with Crippen LogP contribution in [0.3, 0.4) is 0 Å². The van der Waals surface area contributed by atoms with Crippen LogP contribution in [-0.4, -0.2) is 60.1 Å². The summed E-state index contributed by atoms with van der Waals surface area (Å²) in [6, 6.07) is 6.80. The van der Waals surface area contributed by atoms with Gasteiger partial charge in [-0.05, 0) is 42.7 Å². The third-order valence-electron chi connectivity index (χ3n) is 6.27. The number of methoxy groups -OCH3 is 1. The van der Waals surface area contributed by atoms with E-state index in [4.69, 9.17) is 9.47 Å². The second kappa shape index (κ2) is 12.5. The molecule has 220 valence electrons. The molecule has 1 atom stereocenters. The van der Waals surface area contributed by atoms with E-state index in [-0.39, 0.29) is 30.4 Å². The Bertz CT molecular complexity index is 1440. The first kappa shape index (κ1) is 29.8. The molecule has 1 fully saturated rings. The second-order valence-electron chi connectivity index (χ2n) is 9.54. The molecule has 1 aliphatic carbocycles. The van der Waals surface area contributed by atoms with Gasteiger partial charge in [0.15, 0.2) is 17.3 Å². The van der Waals surface area contributed by atoms with E-state index in [1.165, 1.54) is 18.7 Å². The van der Waals surface area contributed by atoms with Crippen molar-refractivity contribution in [1.82, 2.24) is 15.1 Å². The maximum atomic E-state index is 14.6. The van der Waals surface area contributed by atoms with Crippen molar-refractivity contribution in [2.24, 2.45) is 5.92 Å². The fourth-order valence-corrected chi connectivity index (χ4v) is 4.20. The van der Waals surface area contributed by atoms with E-state index in [9.17, 15) is 31.9 Å². The number of ketones is 1. The molecule has 10 nitrogen and oxygen atoms in total. The number of carbonyl (C=O) groups excluding carboxylic acids is 3.